The van der Waals surface area contributed by atoms with Gasteiger partial charge in [0.2, 0.25) is 0 Å². The average molecular weight is 156 g/mol. The normalized spacial score (nSPS) is 10.4. The van der Waals surface area contributed by atoms with Crippen molar-refractivity contribution in [1.29, 1.82) is 0 Å². The molecule has 0 atom stereocenters. The van der Waals surface area contributed by atoms with Gasteiger partial charge >= 0.3 is 5.97 Å². The van der Waals surface area contributed by atoms with Crippen molar-refractivity contribution in [2.24, 2.45) is 0 Å². The molecule has 0 fully saturated rings. The van der Waals surface area contributed by atoms with Gasteiger partial charge in [-0.1, -0.05) is 25.5 Å². The van der Waals surface area contributed by atoms with E-state index in [2.05, 4.69) is 6.92 Å². The molecule has 0 radical (unpaired) electrons. The highest BCUT2D eigenvalue weighted by molar-refractivity contribution is 5.71. The molecule has 0 amide bonds. The first-order valence-electron chi connectivity index (χ1n) is 4.11. The summed E-state index contributed by atoms with van der Waals surface area (Å²) < 4.78 is 4.73. The SMILES string of the molecule is CCC/C=C/CC(=O)OCC. The van der Waals surface area contributed by atoms with E-state index < -0.39 is 0 Å². The maximum atomic E-state index is 10.7. The minimum absolute atomic E-state index is 0.139. The first-order chi connectivity index (χ1) is 5.31. The van der Waals surface area contributed by atoms with Crippen molar-refractivity contribution in [3.63, 3.8) is 0 Å². The van der Waals surface area contributed by atoms with E-state index in [1.54, 1.807) is 0 Å². The molecule has 11 heavy (non-hydrogen) atoms. The lowest BCUT2D eigenvalue weighted by atomic mass is 10.3. The molecule has 0 heterocycles. The average Bonchev–Trinajstić information content (AvgIpc) is 1.99. The van der Waals surface area contributed by atoms with Crippen LogP contribution < -0.4 is 0 Å². The molecule has 64 valence electrons. The quantitative estimate of drug-likeness (QED) is 0.451. The van der Waals surface area contributed by atoms with E-state index >= 15 is 0 Å². The number of unbranched alkanes of at least 4 members (excludes halogenated alkanes) is 1. The summed E-state index contributed by atoms with van der Waals surface area (Å²) in [6.45, 7) is 4.39. The number of carbonyl (C=O) groups is 1. The van der Waals surface area contributed by atoms with Gasteiger partial charge in [0, 0.05) is 0 Å². The third-order valence-corrected chi connectivity index (χ3v) is 1.21. The third kappa shape index (κ3) is 7.10. The first-order valence-corrected chi connectivity index (χ1v) is 4.11. The Kier molecular flexibility index (Phi) is 6.79. The summed E-state index contributed by atoms with van der Waals surface area (Å²) in [5, 5.41) is 0. The number of ether oxygens (including phenoxy) is 1. The van der Waals surface area contributed by atoms with E-state index in [9.17, 15) is 4.79 Å². The number of carbonyl (C=O) groups excluding carboxylic acids is 1. The number of allylic oxidation sites excluding steroid dienone is 1. The molecule has 0 unspecified atom stereocenters. The fourth-order valence-electron chi connectivity index (χ4n) is 0.684. The Bertz CT molecular complexity index is 128. The van der Waals surface area contributed by atoms with Crippen LogP contribution in [-0.2, 0) is 9.53 Å². The fraction of sp³-hybridized carbons (Fsp3) is 0.667. The number of esters is 1. The van der Waals surface area contributed by atoms with Crippen molar-refractivity contribution < 1.29 is 9.53 Å². The minimum Gasteiger partial charge on any atom is -0.466 e. The molecule has 0 spiro atoms. The molecule has 0 aromatic rings. The Morgan fingerprint density at radius 3 is 2.64 bits per heavy atom. The van der Waals surface area contributed by atoms with Crippen LogP contribution in [0.2, 0.25) is 0 Å². The molecule has 2 nitrogen and oxygen atoms in total. The van der Waals surface area contributed by atoms with Gasteiger partial charge in [0.25, 0.3) is 0 Å². The van der Waals surface area contributed by atoms with Gasteiger partial charge in [0.1, 0.15) is 0 Å². The van der Waals surface area contributed by atoms with Crippen LogP contribution in [-0.4, -0.2) is 12.6 Å². The van der Waals surface area contributed by atoms with Gasteiger partial charge < -0.3 is 4.74 Å². The maximum Gasteiger partial charge on any atom is 0.309 e. The van der Waals surface area contributed by atoms with Gasteiger partial charge in [-0.05, 0) is 13.3 Å². The van der Waals surface area contributed by atoms with E-state index in [4.69, 9.17) is 4.74 Å². The van der Waals surface area contributed by atoms with Gasteiger partial charge in [0.05, 0.1) is 13.0 Å². The predicted molar refractivity (Wildman–Crippen MR) is 45.3 cm³/mol. The van der Waals surface area contributed by atoms with Crippen molar-refractivity contribution in [3.8, 4) is 0 Å². The highest BCUT2D eigenvalue weighted by Crippen LogP contribution is 1.92. The van der Waals surface area contributed by atoms with Crippen molar-refractivity contribution in [3.05, 3.63) is 12.2 Å². The van der Waals surface area contributed by atoms with Gasteiger partial charge in [-0.3, -0.25) is 4.79 Å². The van der Waals surface area contributed by atoms with Crippen molar-refractivity contribution in [1.82, 2.24) is 0 Å². The van der Waals surface area contributed by atoms with Crippen molar-refractivity contribution >= 4 is 5.97 Å². The minimum atomic E-state index is -0.139. The van der Waals surface area contributed by atoms with Crippen LogP contribution in [0, 0.1) is 0 Å². The molecule has 0 saturated carbocycles. The fourth-order valence-corrected chi connectivity index (χ4v) is 0.684. The lowest BCUT2D eigenvalue weighted by Crippen LogP contribution is -2.01. The zero-order chi connectivity index (χ0) is 8.53. The summed E-state index contributed by atoms with van der Waals surface area (Å²) in [6, 6.07) is 0. The van der Waals surface area contributed by atoms with Crippen LogP contribution in [0.1, 0.15) is 33.1 Å². The van der Waals surface area contributed by atoms with E-state index in [1.807, 2.05) is 19.1 Å². The Morgan fingerprint density at radius 2 is 2.09 bits per heavy atom. The summed E-state index contributed by atoms with van der Waals surface area (Å²) in [4.78, 5) is 10.7. The highest BCUT2D eigenvalue weighted by Gasteiger charge is 1.94. The largest absolute Gasteiger partial charge is 0.466 e. The predicted octanol–water partition coefficient (Wildman–Crippen LogP) is 2.30. The Morgan fingerprint density at radius 1 is 1.36 bits per heavy atom. The van der Waals surface area contributed by atoms with E-state index in [0.717, 1.165) is 12.8 Å². The third-order valence-electron chi connectivity index (χ3n) is 1.21. The maximum absolute atomic E-state index is 10.7. The molecular formula is C9H16O2. The second-order valence-corrected chi connectivity index (χ2v) is 2.27. The Hall–Kier alpha value is -0.790. The molecule has 0 bridgehead atoms. The molecule has 0 aromatic heterocycles. The van der Waals surface area contributed by atoms with E-state index in [1.165, 1.54) is 0 Å². The first kappa shape index (κ1) is 10.2. The Labute approximate surface area is 68.2 Å². The topological polar surface area (TPSA) is 26.3 Å². The van der Waals surface area contributed by atoms with Crippen LogP contribution in [0.4, 0.5) is 0 Å². The number of hydrogen-bond donors (Lipinski definition) is 0. The number of hydrogen-bond acceptors (Lipinski definition) is 2. The summed E-state index contributed by atoms with van der Waals surface area (Å²) >= 11 is 0. The lowest BCUT2D eigenvalue weighted by Gasteiger charge is -1.95. The van der Waals surface area contributed by atoms with Gasteiger partial charge in [-0.25, -0.2) is 0 Å². The second kappa shape index (κ2) is 7.32. The molecule has 0 aliphatic rings. The monoisotopic (exact) mass is 156 g/mol. The summed E-state index contributed by atoms with van der Waals surface area (Å²) in [7, 11) is 0. The van der Waals surface area contributed by atoms with Crippen LogP contribution >= 0.6 is 0 Å². The van der Waals surface area contributed by atoms with Gasteiger partial charge in [-0.15, -0.1) is 0 Å². The van der Waals surface area contributed by atoms with E-state index in [-0.39, 0.29) is 5.97 Å². The van der Waals surface area contributed by atoms with Gasteiger partial charge in [0.15, 0.2) is 0 Å². The zero-order valence-electron chi connectivity index (χ0n) is 7.30. The molecule has 0 N–H and O–H groups in total. The molecule has 0 rings (SSSR count). The van der Waals surface area contributed by atoms with E-state index in [0.29, 0.717) is 13.0 Å². The summed E-state index contributed by atoms with van der Waals surface area (Å²) in [6.07, 6.45) is 6.45. The lowest BCUT2D eigenvalue weighted by molar-refractivity contribution is -0.142. The standard InChI is InChI=1S/C9H16O2/c1-3-5-6-7-8-9(10)11-4-2/h6-7H,3-5,8H2,1-2H3/b7-6+. The molecular weight excluding hydrogens is 140 g/mol. The smallest absolute Gasteiger partial charge is 0.309 e. The second-order valence-electron chi connectivity index (χ2n) is 2.27. The van der Waals surface area contributed by atoms with Crippen LogP contribution in [0.15, 0.2) is 12.2 Å². The van der Waals surface area contributed by atoms with Crippen LogP contribution in [0.25, 0.3) is 0 Å². The molecule has 0 aliphatic heterocycles. The molecule has 0 aromatic carbocycles. The van der Waals surface area contributed by atoms with Crippen molar-refractivity contribution in [2.75, 3.05) is 6.61 Å². The molecule has 0 saturated heterocycles. The van der Waals surface area contributed by atoms with Crippen LogP contribution in [0.3, 0.4) is 0 Å². The highest BCUT2D eigenvalue weighted by atomic mass is 16.5. The zero-order valence-corrected chi connectivity index (χ0v) is 7.30. The molecule has 2 heteroatoms. The van der Waals surface area contributed by atoms with Crippen LogP contribution in [0.5, 0.6) is 0 Å². The Balaban J connectivity index is 3.29. The van der Waals surface area contributed by atoms with Crippen molar-refractivity contribution in [2.45, 2.75) is 33.1 Å². The number of rotatable bonds is 5. The summed E-state index contributed by atoms with van der Waals surface area (Å²) in [5.74, 6) is -0.139. The summed E-state index contributed by atoms with van der Waals surface area (Å²) in [5.41, 5.74) is 0. The molecule has 0 aliphatic carbocycles. The van der Waals surface area contributed by atoms with Gasteiger partial charge in [-0.2, -0.15) is 0 Å².